The number of nitrogens with one attached hydrogen (secondary N) is 1. The molecule has 2 nitrogen and oxygen atoms in total. The first-order valence-electron chi connectivity index (χ1n) is 6.36. The second-order valence-electron chi connectivity index (χ2n) is 4.55. The molecule has 1 unspecified atom stereocenters. The smallest absolute Gasteiger partial charge is 0.377 e. The second-order valence-corrected chi connectivity index (χ2v) is 4.55. The monoisotopic (exact) mass is 290 g/mol. The van der Waals surface area contributed by atoms with Gasteiger partial charge in [-0.05, 0) is 23.8 Å². The van der Waals surface area contributed by atoms with Gasteiger partial charge in [0.15, 0.2) is 0 Å². The van der Waals surface area contributed by atoms with E-state index >= 15 is 0 Å². The number of anilines is 1. The van der Waals surface area contributed by atoms with Crippen LogP contribution in [0, 0.1) is 11.3 Å². The Bertz CT molecular complexity index is 630. The topological polar surface area (TPSA) is 35.8 Å². The van der Waals surface area contributed by atoms with Crippen molar-refractivity contribution in [2.45, 2.75) is 18.6 Å². The van der Waals surface area contributed by atoms with Crippen LogP contribution < -0.4 is 5.32 Å². The molecule has 0 aliphatic carbocycles. The zero-order valence-electron chi connectivity index (χ0n) is 11.1. The van der Waals surface area contributed by atoms with Crippen LogP contribution in [0.4, 0.5) is 18.9 Å². The molecule has 21 heavy (non-hydrogen) atoms. The van der Waals surface area contributed by atoms with Crippen molar-refractivity contribution in [1.82, 2.24) is 0 Å². The van der Waals surface area contributed by atoms with E-state index in [1.165, 1.54) is 6.07 Å². The second kappa shape index (κ2) is 6.31. The van der Waals surface area contributed by atoms with Gasteiger partial charge in [-0.1, -0.05) is 36.4 Å². The first-order chi connectivity index (χ1) is 10.0. The summed E-state index contributed by atoms with van der Waals surface area (Å²) in [5.41, 5.74) is 0.488. The Morgan fingerprint density at radius 2 is 1.76 bits per heavy atom. The van der Waals surface area contributed by atoms with E-state index in [9.17, 15) is 13.2 Å². The summed E-state index contributed by atoms with van der Waals surface area (Å²) in [6.07, 6.45) is -4.21. The van der Waals surface area contributed by atoms with Gasteiger partial charge in [-0.15, -0.1) is 0 Å². The van der Waals surface area contributed by atoms with E-state index < -0.39 is 11.7 Å². The first-order valence-corrected chi connectivity index (χ1v) is 6.36. The predicted molar refractivity (Wildman–Crippen MR) is 74.5 cm³/mol. The quantitative estimate of drug-likeness (QED) is 0.880. The number of nitriles is 1. The molecule has 0 amide bonds. The van der Waals surface area contributed by atoms with E-state index in [4.69, 9.17) is 5.26 Å². The fourth-order valence-electron chi connectivity index (χ4n) is 2.02. The predicted octanol–water partition coefficient (Wildman–Crippen LogP) is 4.77. The van der Waals surface area contributed by atoms with Crippen LogP contribution in [-0.2, 0) is 6.18 Å². The fraction of sp³-hybridized carbons (Fsp3) is 0.188. The highest BCUT2D eigenvalue weighted by Crippen LogP contribution is 2.32. The van der Waals surface area contributed by atoms with E-state index in [1.807, 2.05) is 36.4 Å². The molecule has 0 spiro atoms. The van der Waals surface area contributed by atoms with Gasteiger partial charge in [0.05, 0.1) is 24.1 Å². The van der Waals surface area contributed by atoms with Gasteiger partial charge in [-0.25, -0.2) is 0 Å². The van der Waals surface area contributed by atoms with E-state index in [0.717, 1.165) is 17.7 Å². The average Bonchev–Trinajstić information content (AvgIpc) is 2.47. The van der Waals surface area contributed by atoms with Crippen molar-refractivity contribution in [3.8, 4) is 6.07 Å². The minimum absolute atomic E-state index is 0.167. The maximum Gasteiger partial charge on any atom is 0.416 e. The van der Waals surface area contributed by atoms with E-state index in [1.54, 1.807) is 6.07 Å². The van der Waals surface area contributed by atoms with Gasteiger partial charge >= 0.3 is 6.18 Å². The van der Waals surface area contributed by atoms with Crippen molar-refractivity contribution >= 4 is 5.69 Å². The highest BCUT2D eigenvalue weighted by molar-refractivity contribution is 5.48. The van der Waals surface area contributed by atoms with E-state index in [-0.39, 0.29) is 12.5 Å². The van der Waals surface area contributed by atoms with Gasteiger partial charge in [-0.3, -0.25) is 0 Å². The number of hydrogen-bond acceptors (Lipinski definition) is 2. The van der Waals surface area contributed by atoms with Crippen molar-refractivity contribution in [3.63, 3.8) is 0 Å². The lowest BCUT2D eigenvalue weighted by atomic mass is 10.0. The molecule has 2 rings (SSSR count). The Balaban J connectivity index is 2.24. The van der Waals surface area contributed by atoms with Gasteiger partial charge in [-0.2, -0.15) is 18.4 Å². The molecule has 0 heterocycles. The Morgan fingerprint density at radius 3 is 2.38 bits per heavy atom. The van der Waals surface area contributed by atoms with Crippen molar-refractivity contribution < 1.29 is 13.2 Å². The van der Waals surface area contributed by atoms with Gasteiger partial charge < -0.3 is 5.32 Å². The minimum Gasteiger partial charge on any atom is -0.377 e. The number of hydrogen-bond donors (Lipinski definition) is 1. The summed E-state index contributed by atoms with van der Waals surface area (Å²) in [4.78, 5) is 0. The van der Waals surface area contributed by atoms with Gasteiger partial charge in [0.25, 0.3) is 0 Å². The van der Waals surface area contributed by atoms with Crippen LogP contribution in [0.1, 0.15) is 23.6 Å². The molecule has 0 aromatic heterocycles. The molecule has 0 radical (unpaired) electrons. The highest BCUT2D eigenvalue weighted by Gasteiger charge is 2.30. The SMILES string of the molecule is N#CCC(Nc1cccc(C(F)(F)F)c1)c1ccccc1. The van der Waals surface area contributed by atoms with Crippen molar-refractivity contribution in [3.05, 3.63) is 65.7 Å². The molecule has 0 fully saturated rings. The molecular formula is C16H13F3N2. The number of nitrogens with zero attached hydrogens (tertiary/aromatic N) is 1. The molecule has 5 heteroatoms. The molecule has 108 valence electrons. The minimum atomic E-state index is -4.38. The van der Waals surface area contributed by atoms with Crippen molar-refractivity contribution in [2.75, 3.05) is 5.32 Å². The maximum atomic E-state index is 12.7. The standard InChI is InChI=1S/C16H13F3N2/c17-16(18,19)13-7-4-8-14(11-13)21-15(9-10-20)12-5-2-1-3-6-12/h1-8,11,15,21H,9H2. The molecular weight excluding hydrogens is 277 g/mol. The third kappa shape index (κ3) is 3.99. The maximum absolute atomic E-state index is 12.7. The Labute approximate surface area is 120 Å². The van der Waals surface area contributed by atoms with Crippen LogP contribution in [0.3, 0.4) is 0 Å². The zero-order valence-corrected chi connectivity index (χ0v) is 11.1. The number of benzene rings is 2. The summed E-state index contributed by atoms with van der Waals surface area (Å²) < 4.78 is 38.1. The summed E-state index contributed by atoms with van der Waals surface area (Å²) >= 11 is 0. The molecule has 0 saturated carbocycles. The lowest BCUT2D eigenvalue weighted by Crippen LogP contribution is -2.11. The Hall–Kier alpha value is -2.48. The summed E-state index contributed by atoms with van der Waals surface area (Å²) in [5.74, 6) is 0. The molecule has 2 aromatic carbocycles. The Kier molecular flexibility index (Phi) is 4.49. The molecule has 0 saturated heterocycles. The molecule has 2 aromatic rings. The summed E-state index contributed by atoms with van der Waals surface area (Å²) in [6, 6.07) is 15.8. The number of rotatable bonds is 4. The highest BCUT2D eigenvalue weighted by atomic mass is 19.4. The fourth-order valence-corrected chi connectivity index (χ4v) is 2.02. The molecule has 0 aliphatic rings. The van der Waals surface area contributed by atoms with E-state index in [0.29, 0.717) is 5.69 Å². The van der Waals surface area contributed by atoms with Gasteiger partial charge in [0.1, 0.15) is 0 Å². The number of alkyl halides is 3. The Morgan fingerprint density at radius 1 is 1.05 bits per heavy atom. The van der Waals surface area contributed by atoms with Crippen LogP contribution in [0.25, 0.3) is 0 Å². The van der Waals surface area contributed by atoms with Crippen molar-refractivity contribution in [2.24, 2.45) is 0 Å². The molecule has 1 N–H and O–H groups in total. The number of halogens is 3. The van der Waals surface area contributed by atoms with Gasteiger partial charge in [0, 0.05) is 5.69 Å². The summed E-state index contributed by atoms with van der Waals surface area (Å²) in [6.45, 7) is 0. The normalized spacial score (nSPS) is 12.5. The first kappa shape index (κ1) is 14.9. The molecule has 0 aliphatic heterocycles. The largest absolute Gasteiger partial charge is 0.416 e. The van der Waals surface area contributed by atoms with Gasteiger partial charge in [0.2, 0.25) is 0 Å². The summed E-state index contributed by atoms with van der Waals surface area (Å²) in [5, 5.41) is 11.9. The van der Waals surface area contributed by atoms with Crippen molar-refractivity contribution in [1.29, 1.82) is 5.26 Å². The average molecular weight is 290 g/mol. The van der Waals surface area contributed by atoms with E-state index in [2.05, 4.69) is 5.32 Å². The van der Waals surface area contributed by atoms with Crippen LogP contribution in [0.5, 0.6) is 0 Å². The third-order valence-corrected chi connectivity index (χ3v) is 3.03. The molecule has 0 bridgehead atoms. The zero-order chi connectivity index (χ0) is 15.3. The van der Waals surface area contributed by atoms with Crippen LogP contribution in [0.2, 0.25) is 0 Å². The summed E-state index contributed by atoms with van der Waals surface area (Å²) in [7, 11) is 0. The lowest BCUT2D eigenvalue weighted by Gasteiger charge is -2.18. The lowest BCUT2D eigenvalue weighted by molar-refractivity contribution is -0.137. The molecule has 1 atom stereocenters. The third-order valence-electron chi connectivity index (χ3n) is 3.03. The van der Waals surface area contributed by atoms with Crippen LogP contribution in [-0.4, -0.2) is 0 Å². The van der Waals surface area contributed by atoms with Crippen LogP contribution >= 0.6 is 0 Å². The van der Waals surface area contributed by atoms with Crippen LogP contribution in [0.15, 0.2) is 54.6 Å².